The van der Waals surface area contributed by atoms with Crippen molar-refractivity contribution in [2.45, 2.75) is 5.03 Å². The Kier molecular flexibility index (Phi) is 5.19. The SMILES string of the molecule is Cn1nnc(Br)c1S(=O)(=O)NCCOCC(=O)O. The van der Waals surface area contributed by atoms with Gasteiger partial charge in [-0.15, -0.1) is 5.10 Å². The van der Waals surface area contributed by atoms with Crippen LogP contribution < -0.4 is 4.72 Å². The number of hydrogen-bond acceptors (Lipinski definition) is 6. The first-order valence-electron chi connectivity index (χ1n) is 4.69. The highest BCUT2D eigenvalue weighted by Crippen LogP contribution is 2.17. The zero-order valence-electron chi connectivity index (χ0n) is 9.33. The highest BCUT2D eigenvalue weighted by Gasteiger charge is 2.23. The van der Waals surface area contributed by atoms with Crippen molar-refractivity contribution >= 4 is 31.9 Å². The number of carboxylic acid groups (broad SMARTS) is 1. The summed E-state index contributed by atoms with van der Waals surface area (Å²) in [5.41, 5.74) is 0. The molecule has 1 aromatic rings. The molecule has 0 fully saturated rings. The number of halogens is 1. The van der Waals surface area contributed by atoms with Gasteiger partial charge in [0.15, 0.2) is 4.60 Å². The number of sulfonamides is 1. The third-order valence-corrected chi connectivity index (χ3v) is 4.10. The van der Waals surface area contributed by atoms with Crippen LogP contribution in [0.5, 0.6) is 0 Å². The number of aromatic nitrogens is 3. The Labute approximate surface area is 111 Å². The molecule has 0 unspecified atom stereocenters. The van der Waals surface area contributed by atoms with Gasteiger partial charge in [0.2, 0.25) is 5.03 Å². The van der Waals surface area contributed by atoms with Gasteiger partial charge in [-0.25, -0.2) is 22.6 Å². The van der Waals surface area contributed by atoms with Crippen LogP contribution in [0.15, 0.2) is 9.63 Å². The maximum absolute atomic E-state index is 11.8. The second kappa shape index (κ2) is 6.22. The van der Waals surface area contributed by atoms with E-state index in [1.165, 1.54) is 7.05 Å². The van der Waals surface area contributed by atoms with Crippen LogP contribution in [0.3, 0.4) is 0 Å². The second-order valence-electron chi connectivity index (χ2n) is 3.15. The molecule has 0 bridgehead atoms. The Morgan fingerprint density at radius 1 is 1.61 bits per heavy atom. The molecule has 0 saturated carbocycles. The number of ether oxygens (including phenoxy) is 1. The maximum atomic E-state index is 11.8. The van der Waals surface area contributed by atoms with Crippen molar-refractivity contribution in [3.8, 4) is 0 Å². The van der Waals surface area contributed by atoms with Crippen LogP contribution in [0, 0.1) is 0 Å². The predicted molar refractivity (Wildman–Crippen MR) is 62.3 cm³/mol. The lowest BCUT2D eigenvalue weighted by molar-refractivity contribution is -0.142. The lowest BCUT2D eigenvalue weighted by Crippen LogP contribution is -2.29. The Balaban J connectivity index is 2.54. The fourth-order valence-corrected chi connectivity index (χ4v) is 3.19. The summed E-state index contributed by atoms with van der Waals surface area (Å²) in [5, 5.41) is 15.3. The van der Waals surface area contributed by atoms with Gasteiger partial charge in [-0.2, -0.15) is 0 Å². The van der Waals surface area contributed by atoms with Gasteiger partial charge in [-0.1, -0.05) is 5.21 Å². The van der Waals surface area contributed by atoms with E-state index in [2.05, 4.69) is 31.0 Å². The van der Waals surface area contributed by atoms with Crippen LogP contribution in [0.4, 0.5) is 0 Å². The van der Waals surface area contributed by atoms with E-state index in [4.69, 9.17) is 9.84 Å². The number of carboxylic acids is 1. The van der Waals surface area contributed by atoms with Crippen molar-refractivity contribution in [1.82, 2.24) is 19.7 Å². The third-order valence-electron chi connectivity index (χ3n) is 1.76. The van der Waals surface area contributed by atoms with E-state index >= 15 is 0 Å². The lowest BCUT2D eigenvalue weighted by Gasteiger charge is -2.06. The normalized spacial score (nSPS) is 11.7. The van der Waals surface area contributed by atoms with Gasteiger partial charge in [0.1, 0.15) is 6.61 Å². The van der Waals surface area contributed by atoms with Gasteiger partial charge in [0, 0.05) is 13.6 Å². The molecule has 0 amide bonds. The average molecular weight is 343 g/mol. The molecule has 0 aromatic carbocycles. The zero-order chi connectivity index (χ0) is 13.8. The lowest BCUT2D eigenvalue weighted by atomic mass is 10.7. The van der Waals surface area contributed by atoms with Crippen molar-refractivity contribution in [1.29, 1.82) is 0 Å². The van der Waals surface area contributed by atoms with E-state index in [1.807, 2.05) is 0 Å². The fraction of sp³-hybridized carbons (Fsp3) is 0.571. The number of hydrogen-bond donors (Lipinski definition) is 2. The van der Waals surface area contributed by atoms with Gasteiger partial charge >= 0.3 is 5.97 Å². The summed E-state index contributed by atoms with van der Waals surface area (Å²) in [6.07, 6.45) is 0. The molecule has 0 spiro atoms. The van der Waals surface area contributed by atoms with Crippen LogP contribution in [-0.4, -0.2) is 54.2 Å². The molecule has 102 valence electrons. The maximum Gasteiger partial charge on any atom is 0.329 e. The number of carbonyl (C=O) groups is 1. The highest BCUT2D eigenvalue weighted by atomic mass is 79.9. The molecule has 0 radical (unpaired) electrons. The summed E-state index contributed by atoms with van der Waals surface area (Å²) in [5.74, 6) is -1.11. The van der Waals surface area contributed by atoms with E-state index in [-0.39, 0.29) is 22.8 Å². The van der Waals surface area contributed by atoms with Crippen LogP contribution in [-0.2, 0) is 26.6 Å². The summed E-state index contributed by atoms with van der Waals surface area (Å²) in [6.45, 7) is -0.569. The van der Waals surface area contributed by atoms with Gasteiger partial charge in [0.05, 0.1) is 6.61 Å². The van der Waals surface area contributed by atoms with E-state index < -0.39 is 22.6 Å². The molecule has 9 nitrogen and oxygen atoms in total. The van der Waals surface area contributed by atoms with Crippen molar-refractivity contribution in [2.24, 2.45) is 7.05 Å². The minimum absolute atomic E-state index is 0.0472. The number of nitrogens with zero attached hydrogens (tertiary/aromatic N) is 3. The first kappa shape index (κ1) is 15.0. The molecule has 11 heteroatoms. The van der Waals surface area contributed by atoms with Gasteiger partial charge < -0.3 is 9.84 Å². The number of aryl methyl sites for hydroxylation is 1. The molecule has 0 atom stereocenters. The molecule has 0 aliphatic carbocycles. The van der Waals surface area contributed by atoms with Gasteiger partial charge in [0.25, 0.3) is 10.0 Å². The van der Waals surface area contributed by atoms with Crippen molar-refractivity contribution in [3.05, 3.63) is 4.60 Å². The summed E-state index contributed by atoms with van der Waals surface area (Å²) >= 11 is 2.97. The van der Waals surface area contributed by atoms with Crippen LogP contribution >= 0.6 is 15.9 Å². The summed E-state index contributed by atoms with van der Waals surface area (Å²) in [6, 6.07) is 0. The quantitative estimate of drug-likeness (QED) is 0.606. The first-order chi connectivity index (χ1) is 8.34. The van der Waals surface area contributed by atoms with Crippen molar-refractivity contribution < 1.29 is 23.1 Å². The Bertz CT molecular complexity index is 508. The predicted octanol–water partition coefficient (Wildman–Crippen LogP) is -1.04. The minimum atomic E-state index is -3.77. The van der Waals surface area contributed by atoms with Crippen LogP contribution in [0.25, 0.3) is 0 Å². The molecule has 1 heterocycles. The Hall–Kier alpha value is -1.04. The zero-order valence-corrected chi connectivity index (χ0v) is 11.7. The van der Waals surface area contributed by atoms with Crippen LogP contribution in [0.2, 0.25) is 0 Å². The van der Waals surface area contributed by atoms with E-state index in [9.17, 15) is 13.2 Å². The minimum Gasteiger partial charge on any atom is -0.480 e. The topological polar surface area (TPSA) is 123 Å². The molecule has 1 aromatic heterocycles. The summed E-state index contributed by atoms with van der Waals surface area (Å²) in [7, 11) is -2.33. The number of nitrogens with one attached hydrogen (secondary N) is 1. The summed E-state index contributed by atoms with van der Waals surface area (Å²) in [4.78, 5) is 10.1. The molecule has 0 aliphatic heterocycles. The molecule has 0 aliphatic rings. The van der Waals surface area contributed by atoms with Gasteiger partial charge in [-0.05, 0) is 15.9 Å². The van der Waals surface area contributed by atoms with E-state index in [1.54, 1.807) is 0 Å². The van der Waals surface area contributed by atoms with E-state index in [0.29, 0.717) is 0 Å². The second-order valence-corrected chi connectivity index (χ2v) is 5.59. The molecular weight excluding hydrogens is 332 g/mol. The smallest absolute Gasteiger partial charge is 0.329 e. The Morgan fingerprint density at radius 3 is 2.78 bits per heavy atom. The average Bonchev–Trinajstić information content (AvgIpc) is 2.57. The van der Waals surface area contributed by atoms with Crippen LogP contribution in [0.1, 0.15) is 0 Å². The molecule has 18 heavy (non-hydrogen) atoms. The standard InChI is InChI=1S/C7H11BrN4O5S/c1-12-7(6(8)10-11-12)18(15,16)9-2-3-17-4-5(13)14/h9H,2-4H2,1H3,(H,13,14). The van der Waals surface area contributed by atoms with Gasteiger partial charge in [-0.3, -0.25) is 0 Å². The summed E-state index contributed by atoms with van der Waals surface area (Å²) < 4.78 is 31.8. The van der Waals surface area contributed by atoms with Crippen molar-refractivity contribution in [3.63, 3.8) is 0 Å². The van der Waals surface area contributed by atoms with E-state index in [0.717, 1.165) is 4.68 Å². The Morgan fingerprint density at radius 2 is 2.28 bits per heavy atom. The monoisotopic (exact) mass is 342 g/mol. The first-order valence-corrected chi connectivity index (χ1v) is 6.96. The van der Waals surface area contributed by atoms with Crippen molar-refractivity contribution in [2.75, 3.05) is 19.8 Å². The molecule has 1 rings (SSSR count). The number of aliphatic carboxylic acids is 1. The third kappa shape index (κ3) is 4.01. The molecule has 2 N–H and O–H groups in total. The molecule has 0 saturated heterocycles. The fourth-order valence-electron chi connectivity index (χ4n) is 1.08. The largest absolute Gasteiger partial charge is 0.480 e. The highest BCUT2D eigenvalue weighted by molar-refractivity contribution is 9.10. The molecular formula is C7H11BrN4O5S. The number of rotatable bonds is 7.